The Kier molecular flexibility index (Phi) is 3.43. The van der Waals surface area contributed by atoms with Crippen LogP contribution in [-0.4, -0.2) is 8.07 Å². The largest absolute Gasteiger partial charge is 0.416 e. The first-order chi connectivity index (χ1) is 7.35. The van der Waals surface area contributed by atoms with Gasteiger partial charge in [0.15, 0.2) is 0 Å². The number of rotatable bonds is 3. The van der Waals surface area contributed by atoms with E-state index in [1.165, 1.54) is 12.1 Å². The summed E-state index contributed by atoms with van der Waals surface area (Å²) in [6, 6.07) is 5.63. The monoisotopic (exact) mass is 242 g/mol. The minimum Gasteiger partial charge on any atom is -0.166 e. The van der Waals surface area contributed by atoms with Crippen LogP contribution < -0.4 is 5.19 Å². The molecule has 1 rings (SSSR count). The Morgan fingerprint density at radius 1 is 1.12 bits per heavy atom. The highest BCUT2D eigenvalue weighted by Crippen LogP contribution is 2.29. The van der Waals surface area contributed by atoms with Crippen molar-refractivity contribution in [3.8, 4) is 0 Å². The summed E-state index contributed by atoms with van der Waals surface area (Å²) in [5.41, 5.74) is 2.62. The lowest BCUT2D eigenvalue weighted by Gasteiger charge is -2.23. The second-order valence-electron chi connectivity index (χ2n) is 3.73. The van der Waals surface area contributed by atoms with Gasteiger partial charge in [-0.25, -0.2) is 0 Å². The highest BCUT2D eigenvalue weighted by atomic mass is 28.3. The van der Waals surface area contributed by atoms with E-state index >= 15 is 0 Å². The van der Waals surface area contributed by atoms with Gasteiger partial charge in [0.25, 0.3) is 0 Å². The van der Waals surface area contributed by atoms with Crippen LogP contribution in [0.25, 0.3) is 0 Å². The van der Waals surface area contributed by atoms with Gasteiger partial charge in [-0.3, -0.25) is 0 Å². The summed E-state index contributed by atoms with van der Waals surface area (Å²) in [4.78, 5) is 0. The predicted octanol–water partition coefficient (Wildman–Crippen LogP) is 3.44. The van der Waals surface area contributed by atoms with Gasteiger partial charge >= 0.3 is 6.18 Å². The van der Waals surface area contributed by atoms with Crippen molar-refractivity contribution in [2.45, 2.75) is 12.7 Å². The van der Waals surface area contributed by atoms with Crippen molar-refractivity contribution in [2.75, 3.05) is 0 Å². The van der Waals surface area contributed by atoms with Crippen molar-refractivity contribution < 1.29 is 13.2 Å². The molecular formula is C12H13F3Si. The molecular weight excluding hydrogens is 229 g/mol. The second-order valence-corrected chi connectivity index (χ2v) is 7.65. The molecule has 4 heteroatoms. The lowest BCUT2D eigenvalue weighted by molar-refractivity contribution is -0.136. The number of hydrogen-bond acceptors (Lipinski definition) is 0. The summed E-state index contributed by atoms with van der Waals surface area (Å²) in [7, 11) is -2.42. The van der Waals surface area contributed by atoms with Gasteiger partial charge in [-0.1, -0.05) is 42.2 Å². The van der Waals surface area contributed by atoms with Crippen LogP contribution in [0.5, 0.6) is 0 Å². The molecule has 0 atom stereocenters. The molecule has 0 aliphatic heterocycles. The van der Waals surface area contributed by atoms with E-state index in [2.05, 4.69) is 13.2 Å². The molecule has 0 aromatic heterocycles. The Morgan fingerprint density at radius 3 is 2.06 bits per heavy atom. The molecule has 0 amide bonds. The summed E-state index contributed by atoms with van der Waals surface area (Å²) in [5.74, 6) is 0. The molecule has 0 N–H and O–H groups in total. The normalized spacial score (nSPS) is 12.2. The molecule has 0 heterocycles. The van der Waals surface area contributed by atoms with E-state index in [0.717, 1.165) is 6.07 Å². The van der Waals surface area contributed by atoms with Gasteiger partial charge in [-0.05, 0) is 5.19 Å². The fraction of sp³-hybridized carbons (Fsp3) is 0.167. The summed E-state index contributed by atoms with van der Waals surface area (Å²) < 4.78 is 38.4. The first kappa shape index (κ1) is 12.8. The van der Waals surface area contributed by atoms with Crippen LogP contribution in [0, 0.1) is 0 Å². The Bertz CT molecular complexity index is 399. The zero-order chi connectivity index (χ0) is 12.4. The molecule has 0 saturated carbocycles. The Morgan fingerprint density at radius 2 is 1.62 bits per heavy atom. The van der Waals surface area contributed by atoms with Crippen LogP contribution in [-0.2, 0) is 6.18 Å². The number of hydrogen-bond donors (Lipinski definition) is 0. The van der Waals surface area contributed by atoms with E-state index in [1.54, 1.807) is 24.0 Å². The van der Waals surface area contributed by atoms with Crippen molar-refractivity contribution in [3.05, 3.63) is 54.4 Å². The van der Waals surface area contributed by atoms with Gasteiger partial charge in [0.1, 0.15) is 8.07 Å². The Balaban J connectivity index is 3.45. The fourth-order valence-corrected chi connectivity index (χ4v) is 3.37. The molecule has 1 aromatic carbocycles. The minimum atomic E-state index is -4.32. The molecule has 0 unspecified atom stereocenters. The molecule has 1 aromatic rings. The number of halogens is 3. The Hall–Kier alpha value is -1.29. The highest BCUT2D eigenvalue weighted by molar-refractivity contribution is 6.99. The van der Waals surface area contributed by atoms with Crippen molar-refractivity contribution >= 4 is 13.3 Å². The topological polar surface area (TPSA) is 0 Å². The molecule has 86 valence electrons. The van der Waals surface area contributed by atoms with Crippen LogP contribution >= 0.6 is 0 Å². The Labute approximate surface area is 94.1 Å². The van der Waals surface area contributed by atoms with Gasteiger partial charge in [-0.2, -0.15) is 13.2 Å². The smallest absolute Gasteiger partial charge is 0.166 e. The molecule has 0 bridgehead atoms. The zero-order valence-corrected chi connectivity index (χ0v) is 10.0. The lowest BCUT2D eigenvalue weighted by atomic mass is 10.2. The van der Waals surface area contributed by atoms with Gasteiger partial charge < -0.3 is 0 Å². The average Bonchev–Trinajstić information content (AvgIpc) is 2.27. The van der Waals surface area contributed by atoms with E-state index in [4.69, 9.17) is 0 Å². The summed E-state index contributed by atoms with van der Waals surface area (Å²) in [6.07, 6.45) is -4.32. The SMILES string of the molecule is C=C[Si](C)(C=C)c1ccccc1C(F)(F)F. The predicted molar refractivity (Wildman–Crippen MR) is 63.1 cm³/mol. The van der Waals surface area contributed by atoms with E-state index in [1.807, 2.05) is 0 Å². The van der Waals surface area contributed by atoms with Crippen LogP contribution in [0.1, 0.15) is 5.56 Å². The van der Waals surface area contributed by atoms with Gasteiger partial charge in [0.2, 0.25) is 0 Å². The summed E-state index contributed by atoms with van der Waals surface area (Å²) >= 11 is 0. The standard InChI is InChI=1S/C12H13F3Si/c1-4-16(3,5-2)11-9-7-6-8-10(11)12(13,14)15/h4-9H,1-2H2,3H3. The fourth-order valence-electron chi connectivity index (χ4n) is 1.50. The van der Waals surface area contributed by atoms with Crippen LogP contribution in [0.4, 0.5) is 13.2 Å². The van der Waals surface area contributed by atoms with Crippen LogP contribution in [0.3, 0.4) is 0 Å². The number of benzene rings is 1. The van der Waals surface area contributed by atoms with E-state index in [-0.39, 0.29) is 0 Å². The first-order valence-corrected chi connectivity index (χ1v) is 7.44. The third kappa shape index (κ3) is 2.27. The molecule has 0 saturated heterocycles. The third-order valence-corrected chi connectivity index (χ3v) is 5.95. The average molecular weight is 242 g/mol. The minimum absolute atomic E-state index is 0.313. The lowest BCUT2D eigenvalue weighted by Crippen LogP contribution is -2.44. The van der Waals surface area contributed by atoms with Crippen LogP contribution in [0.15, 0.2) is 48.8 Å². The molecule has 0 aliphatic carbocycles. The van der Waals surface area contributed by atoms with Crippen molar-refractivity contribution in [2.24, 2.45) is 0 Å². The van der Waals surface area contributed by atoms with E-state index in [0.29, 0.717) is 5.19 Å². The molecule has 0 nitrogen and oxygen atoms in total. The maximum absolute atomic E-state index is 12.8. The van der Waals surface area contributed by atoms with Crippen LogP contribution in [0.2, 0.25) is 6.55 Å². The van der Waals surface area contributed by atoms with E-state index in [9.17, 15) is 13.2 Å². The van der Waals surface area contributed by atoms with Crippen molar-refractivity contribution in [3.63, 3.8) is 0 Å². The zero-order valence-electron chi connectivity index (χ0n) is 9.01. The number of alkyl halides is 3. The molecule has 0 spiro atoms. The highest BCUT2D eigenvalue weighted by Gasteiger charge is 2.37. The third-order valence-electron chi connectivity index (χ3n) is 2.66. The van der Waals surface area contributed by atoms with Crippen molar-refractivity contribution in [1.82, 2.24) is 0 Å². The molecule has 0 aliphatic rings. The maximum atomic E-state index is 12.8. The van der Waals surface area contributed by atoms with E-state index < -0.39 is 19.8 Å². The maximum Gasteiger partial charge on any atom is 0.416 e. The quantitative estimate of drug-likeness (QED) is 0.712. The van der Waals surface area contributed by atoms with Crippen molar-refractivity contribution in [1.29, 1.82) is 0 Å². The van der Waals surface area contributed by atoms with Gasteiger partial charge in [-0.15, -0.1) is 13.2 Å². The molecule has 16 heavy (non-hydrogen) atoms. The first-order valence-electron chi connectivity index (χ1n) is 4.79. The van der Waals surface area contributed by atoms with Gasteiger partial charge in [0, 0.05) is 0 Å². The summed E-state index contributed by atoms with van der Waals surface area (Å²) in [5, 5.41) is 0.313. The van der Waals surface area contributed by atoms with Gasteiger partial charge in [0.05, 0.1) is 5.56 Å². The second kappa shape index (κ2) is 4.29. The molecule has 0 fully saturated rings. The molecule has 0 radical (unpaired) electrons. The summed E-state index contributed by atoms with van der Waals surface area (Å²) in [6.45, 7) is 9.04.